The van der Waals surface area contributed by atoms with E-state index < -0.39 is 0 Å². The van der Waals surface area contributed by atoms with Crippen LogP contribution in [0.5, 0.6) is 0 Å². The molecule has 1 N–H and O–H groups in total. The maximum atomic E-state index is 11.1. The van der Waals surface area contributed by atoms with Gasteiger partial charge in [0.15, 0.2) is 5.82 Å². The van der Waals surface area contributed by atoms with E-state index in [1.54, 1.807) is 11.8 Å². The Labute approximate surface area is 69.8 Å². The zero-order valence-electron chi connectivity index (χ0n) is 6.87. The first-order valence-electron chi connectivity index (χ1n) is 3.97. The summed E-state index contributed by atoms with van der Waals surface area (Å²) < 4.78 is 0. The molecule has 2 heterocycles. The largest absolute Gasteiger partial charge is 0.294 e. The number of rotatable bonds is 0. The first-order valence-corrected chi connectivity index (χ1v) is 3.97. The zero-order valence-corrected chi connectivity index (χ0v) is 6.87. The fraction of sp³-hybridized carbons (Fsp3) is 0.571. The van der Waals surface area contributed by atoms with Crippen molar-refractivity contribution in [2.45, 2.75) is 19.8 Å². The minimum Gasteiger partial charge on any atom is -0.294 e. The maximum Gasteiger partial charge on any atom is 0.225 e. The predicted molar refractivity (Wildman–Crippen MR) is 42.7 cm³/mol. The third-order valence-electron chi connectivity index (χ3n) is 2.03. The molecule has 0 saturated carbocycles. The highest BCUT2D eigenvalue weighted by molar-refractivity contribution is 5.91. The first-order chi connectivity index (χ1) is 5.79. The number of aromatic nitrogens is 3. The van der Waals surface area contributed by atoms with Crippen LogP contribution in [0.3, 0.4) is 0 Å². The van der Waals surface area contributed by atoms with Gasteiger partial charge in [0, 0.05) is 13.5 Å². The number of H-pyrrole nitrogens is 1. The molecule has 0 atom stereocenters. The molecule has 5 nitrogen and oxygen atoms in total. The van der Waals surface area contributed by atoms with Crippen molar-refractivity contribution in [3.05, 3.63) is 5.69 Å². The molecule has 0 bridgehead atoms. The second kappa shape index (κ2) is 2.58. The van der Waals surface area contributed by atoms with Crippen LogP contribution >= 0.6 is 0 Å². The van der Waals surface area contributed by atoms with E-state index in [-0.39, 0.29) is 5.91 Å². The standard InChI is InChI=1S/C7H10N4O/c1-5(12)11-4-2-3-6-7(11)9-10-8-6/h2-4H2,1H3,(H,8,9,10). The molecule has 0 aliphatic carbocycles. The average Bonchev–Trinajstić information content (AvgIpc) is 2.49. The lowest BCUT2D eigenvalue weighted by atomic mass is 10.1. The number of hydrogen-bond acceptors (Lipinski definition) is 3. The van der Waals surface area contributed by atoms with Gasteiger partial charge in [-0.05, 0) is 12.8 Å². The average molecular weight is 166 g/mol. The van der Waals surface area contributed by atoms with Crippen LogP contribution in [0.1, 0.15) is 19.0 Å². The summed E-state index contributed by atoms with van der Waals surface area (Å²) in [7, 11) is 0. The number of aryl methyl sites for hydroxylation is 1. The highest BCUT2D eigenvalue weighted by atomic mass is 16.2. The quantitative estimate of drug-likeness (QED) is 0.594. The van der Waals surface area contributed by atoms with Crippen LogP contribution in [0.2, 0.25) is 0 Å². The van der Waals surface area contributed by atoms with Gasteiger partial charge in [-0.15, -0.1) is 5.10 Å². The number of fused-ring (bicyclic) bond motifs is 1. The van der Waals surface area contributed by atoms with Crippen molar-refractivity contribution in [2.24, 2.45) is 0 Å². The third kappa shape index (κ3) is 0.975. The minimum absolute atomic E-state index is 0.0323. The van der Waals surface area contributed by atoms with Gasteiger partial charge >= 0.3 is 0 Å². The van der Waals surface area contributed by atoms with Crippen LogP contribution in [0.15, 0.2) is 0 Å². The molecule has 0 aromatic carbocycles. The molecule has 1 aromatic rings. The van der Waals surface area contributed by atoms with Crippen molar-refractivity contribution in [3.8, 4) is 0 Å². The van der Waals surface area contributed by atoms with Crippen molar-refractivity contribution in [3.63, 3.8) is 0 Å². The molecule has 64 valence electrons. The number of carbonyl (C=O) groups is 1. The summed E-state index contributed by atoms with van der Waals surface area (Å²) in [4.78, 5) is 12.8. The van der Waals surface area contributed by atoms with E-state index in [0.717, 1.165) is 25.1 Å². The number of anilines is 1. The van der Waals surface area contributed by atoms with Crippen LogP contribution in [0, 0.1) is 0 Å². The third-order valence-corrected chi connectivity index (χ3v) is 2.03. The smallest absolute Gasteiger partial charge is 0.225 e. The van der Waals surface area contributed by atoms with Crippen molar-refractivity contribution in [1.82, 2.24) is 15.4 Å². The lowest BCUT2D eigenvalue weighted by Crippen LogP contribution is -2.33. The molecule has 5 heteroatoms. The van der Waals surface area contributed by atoms with Gasteiger partial charge in [-0.25, -0.2) is 0 Å². The molecule has 0 saturated heterocycles. The van der Waals surface area contributed by atoms with Crippen LogP contribution in [0.4, 0.5) is 5.82 Å². The summed E-state index contributed by atoms with van der Waals surface area (Å²) in [6, 6.07) is 0. The van der Waals surface area contributed by atoms with E-state index >= 15 is 0 Å². The van der Waals surface area contributed by atoms with Crippen molar-refractivity contribution >= 4 is 11.7 Å². The number of nitrogens with one attached hydrogen (secondary N) is 1. The summed E-state index contributed by atoms with van der Waals surface area (Å²) in [6.45, 7) is 2.30. The molecule has 12 heavy (non-hydrogen) atoms. The molecule has 0 spiro atoms. The Morgan fingerprint density at radius 2 is 2.42 bits per heavy atom. The second-order valence-electron chi connectivity index (χ2n) is 2.87. The van der Waals surface area contributed by atoms with Crippen molar-refractivity contribution in [2.75, 3.05) is 11.4 Å². The summed E-state index contributed by atoms with van der Waals surface area (Å²) in [5.74, 6) is 0.735. The van der Waals surface area contributed by atoms with Gasteiger partial charge in [-0.2, -0.15) is 10.3 Å². The Balaban J connectivity index is 2.37. The Hall–Kier alpha value is -1.39. The molecular formula is C7H10N4O. The summed E-state index contributed by atoms with van der Waals surface area (Å²) in [5.41, 5.74) is 0.899. The zero-order chi connectivity index (χ0) is 8.55. The highest BCUT2D eigenvalue weighted by Gasteiger charge is 2.22. The number of aromatic amines is 1. The molecule has 0 unspecified atom stereocenters. The van der Waals surface area contributed by atoms with E-state index in [4.69, 9.17) is 0 Å². The summed E-state index contributed by atoms with van der Waals surface area (Å²) >= 11 is 0. The predicted octanol–water partition coefficient (Wildman–Crippen LogP) is 0.104. The molecule has 1 aliphatic rings. The molecule has 0 fully saturated rings. The second-order valence-corrected chi connectivity index (χ2v) is 2.87. The van der Waals surface area contributed by atoms with Crippen molar-refractivity contribution < 1.29 is 4.79 Å². The van der Waals surface area contributed by atoms with Gasteiger partial charge in [0.1, 0.15) is 5.69 Å². The minimum atomic E-state index is 0.0323. The maximum absolute atomic E-state index is 11.1. The number of carbonyl (C=O) groups excluding carboxylic acids is 1. The van der Waals surface area contributed by atoms with Gasteiger partial charge in [-0.1, -0.05) is 0 Å². The Bertz CT molecular complexity index is 306. The fourth-order valence-electron chi connectivity index (χ4n) is 1.45. The first kappa shape index (κ1) is 7.27. The lowest BCUT2D eigenvalue weighted by Gasteiger charge is -2.22. The normalized spacial score (nSPS) is 15.9. The summed E-state index contributed by atoms with van der Waals surface area (Å²) in [6.07, 6.45) is 1.88. The molecular weight excluding hydrogens is 156 g/mol. The number of nitrogens with zero attached hydrogens (tertiary/aromatic N) is 3. The van der Waals surface area contributed by atoms with Crippen molar-refractivity contribution in [1.29, 1.82) is 0 Å². The Kier molecular flexibility index (Phi) is 1.56. The van der Waals surface area contributed by atoms with Gasteiger partial charge in [0.05, 0.1) is 0 Å². The molecule has 1 aromatic heterocycles. The highest BCUT2D eigenvalue weighted by Crippen LogP contribution is 2.21. The van der Waals surface area contributed by atoms with E-state index in [0.29, 0.717) is 5.82 Å². The van der Waals surface area contributed by atoms with E-state index in [1.165, 1.54) is 0 Å². The molecule has 1 amide bonds. The van der Waals surface area contributed by atoms with E-state index in [2.05, 4.69) is 15.4 Å². The number of hydrogen-bond donors (Lipinski definition) is 1. The SMILES string of the molecule is CC(=O)N1CCCc2n[nH]nc21. The summed E-state index contributed by atoms with van der Waals surface area (Å²) in [5, 5.41) is 10.4. The monoisotopic (exact) mass is 166 g/mol. The lowest BCUT2D eigenvalue weighted by molar-refractivity contribution is -0.116. The Morgan fingerprint density at radius 3 is 3.17 bits per heavy atom. The Morgan fingerprint density at radius 1 is 1.58 bits per heavy atom. The van der Waals surface area contributed by atoms with E-state index in [9.17, 15) is 4.79 Å². The van der Waals surface area contributed by atoms with Gasteiger partial charge in [0.2, 0.25) is 5.91 Å². The van der Waals surface area contributed by atoms with E-state index in [1.807, 2.05) is 0 Å². The topological polar surface area (TPSA) is 61.9 Å². The van der Waals surface area contributed by atoms with Gasteiger partial charge < -0.3 is 0 Å². The van der Waals surface area contributed by atoms with Gasteiger partial charge in [0.25, 0.3) is 0 Å². The van der Waals surface area contributed by atoms with Crippen LogP contribution in [-0.2, 0) is 11.2 Å². The molecule has 2 rings (SSSR count). The molecule has 0 radical (unpaired) electrons. The number of amides is 1. The van der Waals surface area contributed by atoms with Crippen LogP contribution in [-0.4, -0.2) is 27.9 Å². The van der Waals surface area contributed by atoms with Crippen LogP contribution in [0.25, 0.3) is 0 Å². The molecule has 1 aliphatic heterocycles. The fourth-order valence-corrected chi connectivity index (χ4v) is 1.45. The van der Waals surface area contributed by atoms with Gasteiger partial charge in [-0.3, -0.25) is 9.69 Å². The van der Waals surface area contributed by atoms with Crippen LogP contribution < -0.4 is 4.90 Å².